The number of anilines is 1. The van der Waals surface area contributed by atoms with Crippen LogP contribution in [0.3, 0.4) is 0 Å². The van der Waals surface area contributed by atoms with Crippen molar-refractivity contribution >= 4 is 41.3 Å². The SMILES string of the molecule is Cc1ccccc1NC(=O)C(=O)N/N=C/c1cccc(OC(=O)c2ccc(Cl)cc2)c1. The lowest BCUT2D eigenvalue weighted by Crippen LogP contribution is -2.32. The molecule has 3 rings (SSSR count). The number of hydrogen-bond acceptors (Lipinski definition) is 5. The first-order valence-electron chi connectivity index (χ1n) is 9.20. The lowest BCUT2D eigenvalue weighted by molar-refractivity contribution is -0.136. The third-order valence-electron chi connectivity index (χ3n) is 4.13. The maximum Gasteiger partial charge on any atom is 0.343 e. The van der Waals surface area contributed by atoms with Crippen LogP contribution in [0.15, 0.2) is 77.9 Å². The molecule has 0 aromatic heterocycles. The lowest BCUT2D eigenvalue weighted by atomic mass is 10.2. The molecular formula is C23H18ClN3O4. The number of amides is 2. The Morgan fingerprint density at radius 2 is 1.68 bits per heavy atom. The fourth-order valence-electron chi connectivity index (χ4n) is 2.52. The molecule has 0 atom stereocenters. The zero-order valence-corrected chi connectivity index (χ0v) is 17.2. The van der Waals surface area contributed by atoms with Gasteiger partial charge in [0.25, 0.3) is 0 Å². The van der Waals surface area contributed by atoms with E-state index in [2.05, 4.69) is 15.8 Å². The normalized spacial score (nSPS) is 10.5. The number of ether oxygens (including phenoxy) is 1. The van der Waals surface area contributed by atoms with Crippen molar-refractivity contribution in [1.29, 1.82) is 0 Å². The Morgan fingerprint density at radius 3 is 2.42 bits per heavy atom. The van der Waals surface area contributed by atoms with Gasteiger partial charge in [0, 0.05) is 10.7 Å². The maximum atomic E-state index is 12.2. The number of halogens is 1. The summed E-state index contributed by atoms with van der Waals surface area (Å²) >= 11 is 5.81. The molecule has 3 aromatic carbocycles. The van der Waals surface area contributed by atoms with E-state index in [9.17, 15) is 14.4 Å². The van der Waals surface area contributed by atoms with Crippen LogP contribution in [0, 0.1) is 6.92 Å². The van der Waals surface area contributed by atoms with Crippen molar-refractivity contribution in [3.63, 3.8) is 0 Å². The second-order valence-corrected chi connectivity index (χ2v) is 6.87. The second kappa shape index (κ2) is 10.2. The summed E-state index contributed by atoms with van der Waals surface area (Å²) in [5.74, 6) is -1.98. The molecule has 0 saturated heterocycles. The Labute approximate surface area is 183 Å². The summed E-state index contributed by atoms with van der Waals surface area (Å²) in [6.45, 7) is 1.82. The number of para-hydroxylation sites is 1. The average Bonchev–Trinajstić information content (AvgIpc) is 2.76. The summed E-state index contributed by atoms with van der Waals surface area (Å²) < 4.78 is 5.33. The van der Waals surface area contributed by atoms with Crippen molar-refractivity contribution in [2.75, 3.05) is 5.32 Å². The molecule has 0 aliphatic rings. The van der Waals surface area contributed by atoms with Crippen molar-refractivity contribution in [2.24, 2.45) is 5.10 Å². The van der Waals surface area contributed by atoms with Gasteiger partial charge in [-0.05, 0) is 60.5 Å². The van der Waals surface area contributed by atoms with E-state index in [1.807, 2.05) is 19.1 Å². The topological polar surface area (TPSA) is 96.9 Å². The number of hydrazone groups is 1. The zero-order chi connectivity index (χ0) is 22.2. The highest BCUT2D eigenvalue weighted by molar-refractivity contribution is 6.39. The Balaban J connectivity index is 1.57. The van der Waals surface area contributed by atoms with Gasteiger partial charge < -0.3 is 10.1 Å². The highest BCUT2D eigenvalue weighted by Crippen LogP contribution is 2.16. The van der Waals surface area contributed by atoms with E-state index in [4.69, 9.17) is 16.3 Å². The van der Waals surface area contributed by atoms with Crippen LogP contribution < -0.4 is 15.5 Å². The van der Waals surface area contributed by atoms with E-state index in [1.54, 1.807) is 60.7 Å². The molecule has 31 heavy (non-hydrogen) atoms. The van der Waals surface area contributed by atoms with Gasteiger partial charge in [0.05, 0.1) is 11.8 Å². The molecule has 0 aliphatic carbocycles. The standard InChI is InChI=1S/C23H18ClN3O4/c1-15-5-2-3-8-20(15)26-21(28)22(29)27-25-14-16-6-4-7-19(13-16)31-23(30)17-9-11-18(24)12-10-17/h2-14H,1H3,(H,26,28)(H,27,29)/b25-14+. The molecule has 7 nitrogen and oxygen atoms in total. The summed E-state index contributed by atoms with van der Waals surface area (Å²) in [5, 5.41) is 6.81. The molecule has 0 heterocycles. The quantitative estimate of drug-likeness (QED) is 0.208. The predicted octanol–water partition coefficient (Wildman–Crippen LogP) is 3.96. The molecule has 156 valence electrons. The van der Waals surface area contributed by atoms with Gasteiger partial charge in [0.2, 0.25) is 0 Å². The van der Waals surface area contributed by atoms with Crippen LogP contribution in [-0.4, -0.2) is 24.0 Å². The maximum absolute atomic E-state index is 12.2. The van der Waals surface area contributed by atoms with Crippen molar-refractivity contribution in [2.45, 2.75) is 6.92 Å². The average molecular weight is 436 g/mol. The van der Waals surface area contributed by atoms with Crippen LogP contribution in [-0.2, 0) is 9.59 Å². The fourth-order valence-corrected chi connectivity index (χ4v) is 2.64. The summed E-state index contributed by atoms with van der Waals surface area (Å²) in [6.07, 6.45) is 1.33. The first kappa shape index (κ1) is 21.7. The monoisotopic (exact) mass is 435 g/mol. The molecule has 0 unspecified atom stereocenters. The number of carbonyl (C=O) groups is 3. The Bertz CT molecular complexity index is 1140. The third kappa shape index (κ3) is 6.25. The highest BCUT2D eigenvalue weighted by Gasteiger charge is 2.13. The Kier molecular flexibility index (Phi) is 7.13. The second-order valence-electron chi connectivity index (χ2n) is 6.44. The van der Waals surface area contributed by atoms with Gasteiger partial charge in [-0.25, -0.2) is 10.2 Å². The van der Waals surface area contributed by atoms with Gasteiger partial charge in [0.15, 0.2) is 0 Å². The van der Waals surface area contributed by atoms with E-state index >= 15 is 0 Å². The van der Waals surface area contributed by atoms with Gasteiger partial charge in [-0.1, -0.05) is 41.9 Å². The highest BCUT2D eigenvalue weighted by atomic mass is 35.5. The van der Waals surface area contributed by atoms with Crippen LogP contribution >= 0.6 is 11.6 Å². The van der Waals surface area contributed by atoms with Gasteiger partial charge >= 0.3 is 17.8 Å². The molecule has 0 saturated carbocycles. The number of rotatable bonds is 5. The largest absolute Gasteiger partial charge is 0.423 e. The fraction of sp³-hybridized carbons (Fsp3) is 0.0435. The van der Waals surface area contributed by atoms with Crippen LogP contribution in [0.1, 0.15) is 21.5 Å². The van der Waals surface area contributed by atoms with Crippen molar-refractivity contribution in [1.82, 2.24) is 5.43 Å². The molecule has 2 amide bonds. The molecule has 0 aliphatic heterocycles. The van der Waals surface area contributed by atoms with Crippen molar-refractivity contribution in [3.05, 3.63) is 94.5 Å². The summed E-state index contributed by atoms with van der Waals surface area (Å²) in [7, 11) is 0. The first-order chi connectivity index (χ1) is 14.9. The third-order valence-corrected chi connectivity index (χ3v) is 4.38. The number of carbonyl (C=O) groups excluding carboxylic acids is 3. The van der Waals surface area contributed by atoms with Crippen molar-refractivity contribution in [3.8, 4) is 5.75 Å². The zero-order valence-electron chi connectivity index (χ0n) is 16.5. The van der Waals surface area contributed by atoms with Gasteiger partial charge in [0.1, 0.15) is 5.75 Å². The molecule has 0 radical (unpaired) electrons. The molecule has 0 fully saturated rings. The molecule has 2 N–H and O–H groups in total. The molecule has 0 bridgehead atoms. The molecule has 3 aromatic rings. The van der Waals surface area contributed by atoms with E-state index in [-0.39, 0.29) is 0 Å². The first-order valence-corrected chi connectivity index (χ1v) is 9.58. The molecule has 0 spiro atoms. The van der Waals surface area contributed by atoms with Crippen LogP contribution in [0.5, 0.6) is 5.75 Å². The number of benzene rings is 3. The molecular weight excluding hydrogens is 418 g/mol. The minimum atomic E-state index is -0.912. The summed E-state index contributed by atoms with van der Waals surface area (Å²) in [5.41, 5.74) is 4.45. The number of esters is 1. The van der Waals surface area contributed by atoms with E-state index in [0.717, 1.165) is 5.56 Å². The van der Waals surface area contributed by atoms with Crippen LogP contribution in [0.25, 0.3) is 0 Å². The molecule has 8 heteroatoms. The van der Waals surface area contributed by atoms with Crippen LogP contribution in [0.4, 0.5) is 5.69 Å². The minimum absolute atomic E-state index is 0.299. The number of hydrogen-bond donors (Lipinski definition) is 2. The summed E-state index contributed by atoms with van der Waals surface area (Å²) in [4.78, 5) is 36.1. The lowest BCUT2D eigenvalue weighted by Gasteiger charge is -2.06. The Hall–Kier alpha value is -3.97. The van der Waals surface area contributed by atoms with E-state index in [1.165, 1.54) is 6.21 Å². The summed E-state index contributed by atoms with van der Waals surface area (Å²) in [6, 6.07) is 20.0. The number of nitrogens with zero attached hydrogens (tertiary/aromatic N) is 1. The number of nitrogens with one attached hydrogen (secondary N) is 2. The Morgan fingerprint density at radius 1 is 0.935 bits per heavy atom. The van der Waals surface area contributed by atoms with Gasteiger partial charge in [-0.3, -0.25) is 9.59 Å². The van der Waals surface area contributed by atoms with Crippen LogP contribution in [0.2, 0.25) is 5.02 Å². The minimum Gasteiger partial charge on any atom is -0.423 e. The van der Waals surface area contributed by atoms with Gasteiger partial charge in [-0.15, -0.1) is 0 Å². The smallest absolute Gasteiger partial charge is 0.343 e. The number of aryl methyl sites for hydroxylation is 1. The van der Waals surface area contributed by atoms with E-state index in [0.29, 0.717) is 27.6 Å². The predicted molar refractivity (Wildman–Crippen MR) is 118 cm³/mol. The van der Waals surface area contributed by atoms with E-state index < -0.39 is 17.8 Å². The van der Waals surface area contributed by atoms with Gasteiger partial charge in [-0.2, -0.15) is 5.10 Å². The van der Waals surface area contributed by atoms with Crippen molar-refractivity contribution < 1.29 is 19.1 Å².